The van der Waals surface area contributed by atoms with E-state index in [9.17, 15) is 18.0 Å². The molecule has 0 spiro atoms. The van der Waals surface area contributed by atoms with Gasteiger partial charge in [-0.3, -0.25) is 4.79 Å². The summed E-state index contributed by atoms with van der Waals surface area (Å²) in [6.07, 6.45) is -0.259. The monoisotopic (exact) mass is 493 g/mol. The van der Waals surface area contributed by atoms with Gasteiger partial charge in [0.05, 0.1) is 17.9 Å². The van der Waals surface area contributed by atoms with Gasteiger partial charge in [-0.2, -0.15) is 13.2 Å². The number of carbonyl (C=O) groups excluding carboxylic acids is 1. The van der Waals surface area contributed by atoms with Gasteiger partial charge in [-0.05, 0) is 56.0 Å². The minimum Gasteiger partial charge on any atom is -0.491 e. The lowest BCUT2D eigenvalue weighted by molar-refractivity contribution is -0.137. The third kappa shape index (κ3) is 7.40. The van der Waals surface area contributed by atoms with Crippen molar-refractivity contribution in [3.63, 3.8) is 0 Å². The molecule has 34 heavy (non-hydrogen) atoms. The summed E-state index contributed by atoms with van der Waals surface area (Å²) in [5, 5.41) is 9.56. The SMILES string of the molecule is C=C(/C=C(C)\C(=C/C)OCCO)C(=O)CCc1sc(-c2ccc(C(F)(F)F)cc2)nc1C(C)C. The van der Waals surface area contributed by atoms with E-state index < -0.39 is 11.7 Å². The molecule has 4 nitrogen and oxygen atoms in total. The largest absolute Gasteiger partial charge is 0.491 e. The molecule has 0 radical (unpaired) electrons. The smallest absolute Gasteiger partial charge is 0.416 e. The molecule has 2 aromatic rings. The van der Waals surface area contributed by atoms with Gasteiger partial charge in [0.1, 0.15) is 17.4 Å². The number of alkyl halides is 3. The molecule has 0 atom stereocenters. The number of ether oxygens (including phenoxy) is 1. The van der Waals surface area contributed by atoms with Gasteiger partial charge in [0.2, 0.25) is 0 Å². The highest BCUT2D eigenvalue weighted by Crippen LogP contribution is 2.35. The third-order valence-electron chi connectivity index (χ3n) is 5.06. The molecule has 0 aliphatic rings. The van der Waals surface area contributed by atoms with Gasteiger partial charge in [0.25, 0.3) is 0 Å². The van der Waals surface area contributed by atoms with E-state index in [-0.39, 0.29) is 31.3 Å². The summed E-state index contributed by atoms with van der Waals surface area (Å²) in [6, 6.07) is 4.95. The normalized spacial score (nSPS) is 12.9. The quantitative estimate of drug-likeness (QED) is 0.211. The van der Waals surface area contributed by atoms with Crippen LogP contribution in [0.15, 0.2) is 59.9 Å². The molecule has 0 fully saturated rings. The van der Waals surface area contributed by atoms with Crippen molar-refractivity contribution in [2.45, 2.75) is 52.6 Å². The van der Waals surface area contributed by atoms with Crippen LogP contribution in [0.2, 0.25) is 0 Å². The summed E-state index contributed by atoms with van der Waals surface area (Å²) < 4.78 is 44.0. The highest BCUT2D eigenvalue weighted by Gasteiger charge is 2.30. The van der Waals surface area contributed by atoms with Gasteiger partial charge < -0.3 is 9.84 Å². The Balaban J connectivity index is 2.14. The maximum absolute atomic E-state index is 12.9. The van der Waals surface area contributed by atoms with Crippen molar-refractivity contribution < 1.29 is 27.8 Å². The van der Waals surface area contributed by atoms with E-state index in [4.69, 9.17) is 9.84 Å². The van der Waals surface area contributed by atoms with E-state index in [1.165, 1.54) is 23.5 Å². The molecule has 0 saturated carbocycles. The molecule has 1 aromatic heterocycles. The molecule has 0 saturated heterocycles. The molecular weight excluding hydrogens is 463 g/mol. The summed E-state index contributed by atoms with van der Waals surface area (Å²) in [5.41, 5.74) is 1.84. The molecule has 184 valence electrons. The Morgan fingerprint density at radius 2 is 1.91 bits per heavy atom. The van der Waals surface area contributed by atoms with Gasteiger partial charge in [-0.1, -0.05) is 32.6 Å². The first-order chi connectivity index (χ1) is 16.0. The molecule has 1 aromatic carbocycles. The van der Waals surface area contributed by atoms with Crippen molar-refractivity contribution in [3.05, 3.63) is 76.0 Å². The van der Waals surface area contributed by atoms with E-state index in [1.54, 1.807) is 19.1 Å². The summed E-state index contributed by atoms with van der Waals surface area (Å²) in [4.78, 5) is 18.3. The van der Waals surface area contributed by atoms with Crippen LogP contribution in [0.25, 0.3) is 10.6 Å². The summed E-state index contributed by atoms with van der Waals surface area (Å²) in [6.45, 7) is 11.5. The topological polar surface area (TPSA) is 59.4 Å². The Kier molecular flexibility index (Phi) is 9.82. The van der Waals surface area contributed by atoms with Crippen LogP contribution in [-0.4, -0.2) is 29.1 Å². The lowest BCUT2D eigenvalue weighted by Gasteiger charge is -2.10. The van der Waals surface area contributed by atoms with E-state index in [1.807, 2.05) is 20.8 Å². The molecule has 1 N–H and O–H groups in total. The average Bonchev–Trinajstić information content (AvgIpc) is 3.22. The van der Waals surface area contributed by atoms with Gasteiger partial charge in [-0.25, -0.2) is 4.98 Å². The predicted molar refractivity (Wildman–Crippen MR) is 130 cm³/mol. The molecular formula is C26H30F3NO3S. The molecule has 0 amide bonds. The Hall–Kier alpha value is -2.71. The average molecular weight is 494 g/mol. The number of halogens is 3. The van der Waals surface area contributed by atoms with E-state index in [2.05, 4.69) is 11.6 Å². The van der Waals surface area contributed by atoms with Crippen molar-refractivity contribution in [3.8, 4) is 10.6 Å². The Morgan fingerprint density at radius 1 is 1.26 bits per heavy atom. The fourth-order valence-corrected chi connectivity index (χ4v) is 4.52. The number of rotatable bonds is 11. The molecule has 0 aliphatic carbocycles. The molecule has 8 heteroatoms. The second-order valence-corrected chi connectivity index (χ2v) is 9.14. The van der Waals surface area contributed by atoms with Crippen molar-refractivity contribution in [1.29, 1.82) is 0 Å². The van der Waals surface area contributed by atoms with Crippen molar-refractivity contribution in [2.75, 3.05) is 13.2 Å². The van der Waals surface area contributed by atoms with Crippen molar-refractivity contribution in [1.82, 2.24) is 4.98 Å². The highest BCUT2D eigenvalue weighted by molar-refractivity contribution is 7.15. The number of allylic oxidation sites excluding steroid dienone is 4. The number of hydrogen-bond donors (Lipinski definition) is 1. The number of carbonyl (C=O) groups is 1. The number of nitrogens with zero attached hydrogens (tertiary/aromatic N) is 1. The predicted octanol–water partition coefficient (Wildman–Crippen LogP) is 6.87. The van der Waals surface area contributed by atoms with Crippen LogP contribution in [-0.2, 0) is 22.1 Å². The van der Waals surface area contributed by atoms with E-state index in [0.29, 0.717) is 28.3 Å². The summed E-state index contributed by atoms with van der Waals surface area (Å²) in [7, 11) is 0. The number of aliphatic hydroxyl groups excluding tert-OH is 1. The number of thiazole rings is 1. The Morgan fingerprint density at radius 3 is 2.44 bits per heavy atom. The first-order valence-corrected chi connectivity index (χ1v) is 11.8. The number of Topliss-reactive ketones (excluding diaryl/α,β-unsaturated/α-hetero) is 1. The van der Waals surface area contributed by atoms with Crippen LogP contribution < -0.4 is 0 Å². The third-order valence-corrected chi connectivity index (χ3v) is 6.24. The van der Waals surface area contributed by atoms with Crippen LogP contribution in [0.4, 0.5) is 13.2 Å². The fraction of sp³-hybridized carbons (Fsp3) is 0.385. The van der Waals surface area contributed by atoms with Crippen LogP contribution in [0.1, 0.15) is 56.2 Å². The van der Waals surface area contributed by atoms with Crippen molar-refractivity contribution >= 4 is 17.1 Å². The number of benzene rings is 1. The van der Waals surface area contributed by atoms with Gasteiger partial charge in [-0.15, -0.1) is 11.3 Å². The van der Waals surface area contributed by atoms with Crippen LogP contribution in [0.3, 0.4) is 0 Å². The lowest BCUT2D eigenvalue weighted by atomic mass is 10.0. The maximum atomic E-state index is 12.9. The molecule has 0 bridgehead atoms. The van der Waals surface area contributed by atoms with Crippen LogP contribution >= 0.6 is 11.3 Å². The van der Waals surface area contributed by atoms with Gasteiger partial charge in [0.15, 0.2) is 5.78 Å². The first kappa shape index (κ1) is 27.5. The first-order valence-electron chi connectivity index (χ1n) is 11.0. The van der Waals surface area contributed by atoms with Gasteiger partial charge in [0, 0.05) is 22.4 Å². The molecule has 1 heterocycles. The number of aryl methyl sites for hydroxylation is 1. The fourth-order valence-electron chi connectivity index (χ4n) is 3.30. The van der Waals surface area contributed by atoms with Gasteiger partial charge >= 0.3 is 6.18 Å². The number of ketones is 1. The second kappa shape index (κ2) is 12.1. The second-order valence-electron chi connectivity index (χ2n) is 8.06. The van der Waals surface area contributed by atoms with Crippen molar-refractivity contribution in [2.24, 2.45) is 0 Å². The molecule has 0 aliphatic heterocycles. The standard InChI is InChI=1S/C26H30F3NO3S/c1-6-22(33-14-13-31)18(5)15-17(4)21(32)11-12-23-24(16(2)3)30-25(34-23)19-7-9-20(10-8-19)26(27,28)29/h6-10,15-16,31H,4,11-14H2,1-3,5H3/b18-15-,22-6+. The zero-order valence-electron chi connectivity index (χ0n) is 19.8. The number of aromatic nitrogens is 1. The van der Waals surface area contributed by atoms with Crippen LogP contribution in [0, 0.1) is 0 Å². The highest BCUT2D eigenvalue weighted by atomic mass is 32.1. The summed E-state index contributed by atoms with van der Waals surface area (Å²) in [5.74, 6) is 0.570. The zero-order valence-corrected chi connectivity index (χ0v) is 20.6. The molecule has 0 unspecified atom stereocenters. The minimum atomic E-state index is -4.39. The summed E-state index contributed by atoms with van der Waals surface area (Å²) >= 11 is 1.40. The molecule has 2 rings (SSSR count). The van der Waals surface area contributed by atoms with E-state index in [0.717, 1.165) is 28.3 Å². The van der Waals surface area contributed by atoms with Crippen LogP contribution in [0.5, 0.6) is 0 Å². The Bertz CT molecular complexity index is 1060. The minimum absolute atomic E-state index is 0.105. The lowest BCUT2D eigenvalue weighted by Crippen LogP contribution is -2.05. The zero-order chi connectivity index (χ0) is 25.5. The maximum Gasteiger partial charge on any atom is 0.416 e. The van der Waals surface area contributed by atoms with E-state index >= 15 is 0 Å². The number of aliphatic hydroxyl groups is 1. The number of hydrogen-bond acceptors (Lipinski definition) is 5. The Labute approximate surface area is 202 Å².